The number of carbonyl (C=O) groups is 1. The van der Waals surface area contributed by atoms with Crippen molar-refractivity contribution < 1.29 is 14.6 Å². The third kappa shape index (κ3) is 4.43. The van der Waals surface area contributed by atoms with Crippen LogP contribution < -0.4 is 10.1 Å². The summed E-state index contributed by atoms with van der Waals surface area (Å²) in [6.07, 6.45) is 3.27. The maximum Gasteiger partial charge on any atom is 0.251 e. The fourth-order valence-corrected chi connectivity index (χ4v) is 2.40. The van der Waals surface area contributed by atoms with Crippen LogP contribution in [0.1, 0.15) is 22.0 Å². The number of amides is 1. The van der Waals surface area contributed by atoms with Crippen molar-refractivity contribution in [2.24, 2.45) is 0 Å². The van der Waals surface area contributed by atoms with E-state index < -0.39 is 6.04 Å². The topological polar surface area (TPSA) is 71.5 Å². The molecule has 5 nitrogen and oxygen atoms in total. The lowest BCUT2D eigenvalue weighted by molar-refractivity contribution is 0.0916. The van der Waals surface area contributed by atoms with Crippen LogP contribution in [0.3, 0.4) is 0 Å². The molecule has 1 aromatic heterocycles. The number of rotatable bonds is 6. The van der Waals surface area contributed by atoms with Crippen molar-refractivity contribution in [2.75, 3.05) is 6.61 Å². The Balaban J connectivity index is 1.73. The zero-order chi connectivity index (χ0) is 17.5. The average Bonchev–Trinajstić information content (AvgIpc) is 2.67. The van der Waals surface area contributed by atoms with Gasteiger partial charge in [0.15, 0.2) is 0 Å². The largest absolute Gasteiger partial charge is 0.457 e. The van der Waals surface area contributed by atoms with Crippen LogP contribution in [0.15, 0.2) is 79.1 Å². The number of hydrogen-bond acceptors (Lipinski definition) is 4. The van der Waals surface area contributed by atoms with Crippen molar-refractivity contribution in [1.82, 2.24) is 10.3 Å². The molecule has 0 aliphatic heterocycles. The summed E-state index contributed by atoms with van der Waals surface area (Å²) in [6.45, 7) is -0.178. The summed E-state index contributed by atoms with van der Waals surface area (Å²) in [6, 6.07) is 19.3. The number of carbonyl (C=O) groups excluding carboxylic acids is 1. The molecule has 0 bridgehead atoms. The Kier molecular flexibility index (Phi) is 5.39. The molecular weight excluding hydrogens is 316 g/mol. The van der Waals surface area contributed by atoms with Gasteiger partial charge in [-0.25, -0.2) is 0 Å². The minimum Gasteiger partial charge on any atom is -0.457 e. The molecular formula is C20H18N2O3. The van der Waals surface area contributed by atoms with Crippen molar-refractivity contribution in [1.29, 1.82) is 0 Å². The highest BCUT2D eigenvalue weighted by atomic mass is 16.5. The molecule has 2 aromatic carbocycles. The third-order valence-corrected chi connectivity index (χ3v) is 3.67. The second-order valence-electron chi connectivity index (χ2n) is 5.43. The van der Waals surface area contributed by atoms with Crippen molar-refractivity contribution in [3.05, 3.63) is 90.3 Å². The Labute approximate surface area is 145 Å². The maximum absolute atomic E-state index is 12.5. The standard InChI is InChI=1S/C20H18N2O3/c23-14-19(15-5-2-1-3-6-15)22-20(24)16-7-4-8-18(13-16)25-17-9-11-21-12-10-17/h1-13,19,23H,14H2,(H,22,24). The van der Waals surface area contributed by atoms with Gasteiger partial charge in [-0.3, -0.25) is 9.78 Å². The average molecular weight is 334 g/mol. The molecule has 0 fully saturated rings. The van der Waals surface area contributed by atoms with Crippen molar-refractivity contribution in [2.45, 2.75) is 6.04 Å². The molecule has 1 atom stereocenters. The zero-order valence-corrected chi connectivity index (χ0v) is 13.5. The Bertz CT molecular complexity index is 823. The van der Waals surface area contributed by atoms with Gasteiger partial charge in [0.05, 0.1) is 12.6 Å². The van der Waals surface area contributed by atoms with E-state index in [1.54, 1.807) is 48.8 Å². The second-order valence-corrected chi connectivity index (χ2v) is 5.43. The number of aliphatic hydroxyl groups excluding tert-OH is 1. The minimum atomic E-state index is -0.460. The summed E-state index contributed by atoms with van der Waals surface area (Å²) in [5.74, 6) is 0.923. The smallest absolute Gasteiger partial charge is 0.251 e. The lowest BCUT2D eigenvalue weighted by Crippen LogP contribution is -2.30. The molecule has 3 aromatic rings. The molecule has 0 saturated carbocycles. The van der Waals surface area contributed by atoms with Crippen LogP contribution >= 0.6 is 0 Å². The first-order valence-electron chi connectivity index (χ1n) is 7.91. The van der Waals surface area contributed by atoms with Gasteiger partial charge in [0.25, 0.3) is 5.91 Å². The van der Waals surface area contributed by atoms with E-state index in [9.17, 15) is 9.90 Å². The number of ether oxygens (including phenoxy) is 1. The number of nitrogens with one attached hydrogen (secondary N) is 1. The summed E-state index contributed by atoms with van der Waals surface area (Å²) in [4.78, 5) is 16.4. The van der Waals surface area contributed by atoms with Gasteiger partial charge in [0, 0.05) is 18.0 Å². The van der Waals surface area contributed by atoms with E-state index in [2.05, 4.69) is 10.3 Å². The maximum atomic E-state index is 12.5. The van der Waals surface area contributed by atoms with Gasteiger partial charge in [-0.05, 0) is 35.9 Å². The van der Waals surface area contributed by atoms with E-state index in [0.717, 1.165) is 5.56 Å². The Morgan fingerprint density at radius 1 is 1.00 bits per heavy atom. The van der Waals surface area contributed by atoms with E-state index >= 15 is 0 Å². The van der Waals surface area contributed by atoms with E-state index in [1.165, 1.54) is 0 Å². The van der Waals surface area contributed by atoms with Crippen LogP contribution in [0, 0.1) is 0 Å². The molecule has 126 valence electrons. The van der Waals surface area contributed by atoms with Gasteiger partial charge < -0.3 is 15.2 Å². The first-order valence-corrected chi connectivity index (χ1v) is 7.91. The van der Waals surface area contributed by atoms with Gasteiger partial charge in [-0.15, -0.1) is 0 Å². The van der Waals surface area contributed by atoms with Crippen LogP contribution in [0.2, 0.25) is 0 Å². The van der Waals surface area contributed by atoms with Crippen molar-refractivity contribution in [3.63, 3.8) is 0 Å². The Morgan fingerprint density at radius 3 is 2.48 bits per heavy atom. The monoisotopic (exact) mass is 334 g/mol. The molecule has 1 unspecified atom stereocenters. The van der Waals surface area contributed by atoms with Crippen LogP contribution in [0.25, 0.3) is 0 Å². The van der Waals surface area contributed by atoms with Gasteiger partial charge in [0.2, 0.25) is 0 Å². The van der Waals surface area contributed by atoms with E-state index in [0.29, 0.717) is 17.1 Å². The van der Waals surface area contributed by atoms with Crippen molar-refractivity contribution >= 4 is 5.91 Å². The number of hydrogen-bond donors (Lipinski definition) is 2. The summed E-state index contributed by atoms with van der Waals surface area (Å²) in [7, 11) is 0. The fourth-order valence-electron chi connectivity index (χ4n) is 2.40. The van der Waals surface area contributed by atoms with Gasteiger partial charge in [0.1, 0.15) is 11.5 Å². The molecule has 0 saturated heterocycles. The summed E-state index contributed by atoms with van der Waals surface area (Å²) >= 11 is 0. The highest BCUT2D eigenvalue weighted by Crippen LogP contribution is 2.22. The Hall–Kier alpha value is -3.18. The van der Waals surface area contributed by atoms with Crippen LogP contribution in [0.4, 0.5) is 0 Å². The number of benzene rings is 2. The number of nitrogens with zero attached hydrogens (tertiary/aromatic N) is 1. The fraction of sp³-hybridized carbons (Fsp3) is 0.100. The number of aromatic nitrogens is 1. The SMILES string of the molecule is O=C(NC(CO)c1ccccc1)c1cccc(Oc2ccncc2)c1. The van der Waals surface area contributed by atoms with E-state index in [1.807, 2.05) is 30.3 Å². The molecule has 2 N–H and O–H groups in total. The minimum absolute atomic E-state index is 0.178. The van der Waals surface area contributed by atoms with Crippen LogP contribution in [-0.4, -0.2) is 22.6 Å². The van der Waals surface area contributed by atoms with Crippen LogP contribution in [0.5, 0.6) is 11.5 Å². The predicted octanol–water partition coefficient (Wildman–Crippen LogP) is 3.34. The summed E-state index contributed by atoms with van der Waals surface area (Å²) < 4.78 is 5.72. The quantitative estimate of drug-likeness (QED) is 0.725. The lowest BCUT2D eigenvalue weighted by atomic mass is 10.1. The molecule has 1 amide bonds. The molecule has 1 heterocycles. The summed E-state index contributed by atoms with van der Waals surface area (Å²) in [5.41, 5.74) is 1.31. The molecule has 3 rings (SSSR count). The summed E-state index contributed by atoms with van der Waals surface area (Å²) in [5, 5.41) is 12.4. The first kappa shape index (κ1) is 16.7. The second kappa shape index (κ2) is 8.08. The van der Waals surface area contributed by atoms with Gasteiger partial charge >= 0.3 is 0 Å². The number of aliphatic hydroxyl groups is 1. The van der Waals surface area contributed by atoms with E-state index in [-0.39, 0.29) is 12.5 Å². The molecule has 0 radical (unpaired) electrons. The molecule has 25 heavy (non-hydrogen) atoms. The molecule has 5 heteroatoms. The zero-order valence-electron chi connectivity index (χ0n) is 13.5. The van der Waals surface area contributed by atoms with E-state index in [4.69, 9.17) is 4.74 Å². The molecule has 0 aliphatic carbocycles. The number of pyridine rings is 1. The predicted molar refractivity (Wildman–Crippen MR) is 94.5 cm³/mol. The van der Waals surface area contributed by atoms with Crippen LogP contribution in [-0.2, 0) is 0 Å². The normalized spacial score (nSPS) is 11.6. The molecule has 0 aliphatic rings. The third-order valence-electron chi connectivity index (χ3n) is 3.67. The van der Waals surface area contributed by atoms with Gasteiger partial charge in [-0.1, -0.05) is 36.4 Å². The molecule has 0 spiro atoms. The van der Waals surface area contributed by atoms with Gasteiger partial charge in [-0.2, -0.15) is 0 Å². The van der Waals surface area contributed by atoms with Crippen molar-refractivity contribution in [3.8, 4) is 11.5 Å². The Morgan fingerprint density at radius 2 is 1.76 bits per heavy atom. The lowest BCUT2D eigenvalue weighted by Gasteiger charge is -2.17. The highest BCUT2D eigenvalue weighted by molar-refractivity contribution is 5.94. The first-order chi connectivity index (χ1) is 12.3. The highest BCUT2D eigenvalue weighted by Gasteiger charge is 2.15.